The minimum absolute atomic E-state index is 0.0324. The quantitative estimate of drug-likeness (QED) is 0.348. The molecule has 8 nitrogen and oxygen atoms in total. The molecule has 2 aromatic carbocycles. The summed E-state index contributed by atoms with van der Waals surface area (Å²) in [5.74, 6) is 0.0671. The van der Waals surface area contributed by atoms with Gasteiger partial charge in [0.1, 0.15) is 6.54 Å². The molecule has 1 atom stereocenters. The van der Waals surface area contributed by atoms with E-state index in [-0.39, 0.29) is 36.5 Å². The largest absolute Gasteiger partial charge is 0.356 e. The number of aromatic nitrogens is 2. The number of fused-ring (bicyclic) bond motifs is 1. The van der Waals surface area contributed by atoms with Crippen LogP contribution in [0.4, 0.5) is 0 Å². The minimum Gasteiger partial charge on any atom is -0.356 e. The zero-order chi connectivity index (χ0) is 26.8. The van der Waals surface area contributed by atoms with Crippen molar-refractivity contribution in [1.82, 2.24) is 19.8 Å². The number of carbonyl (C=O) groups excluding carboxylic acids is 2. The van der Waals surface area contributed by atoms with Gasteiger partial charge in [-0.25, -0.2) is 4.79 Å². The van der Waals surface area contributed by atoms with Crippen molar-refractivity contribution in [2.75, 3.05) is 6.54 Å². The van der Waals surface area contributed by atoms with E-state index in [9.17, 15) is 19.2 Å². The predicted octanol–water partition coefficient (Wildman–Crippen LogP) is 3.24. The molecule has 1 heterocycles. The molecule has 0 aliphatic carbocycles. The van der Waals surface area contributed by atoms with Gasteiger partial charge >= 0.3 is 5.69 Å². The maximum absolute atomic E-state index is 13.3. The number of aryl methyl sites for hydroxylation is 1. The third-order valence-corrected chi connectivity index (χ3v) is 6.29. The molecular formula is C29H38N4O4. The Labute approximate surface area is 217 Å². The first-order valence-electron chi connectivity index (χ1n) is 13.1. The van der Waals surface area contributed by atoms with E-state index in [1.165, 1.54) is 14.7 Å². The fourth-order valence-electron chi connectivity index (χ4n) is 4.25. The van der Waals surface area contributed by atoms with Gasteiger partial charge in [0.05, 0.1) is 10.9 Å². The highest BCUT2D eigenvalue weighted by Crippen LogP contribution is 2.09. The van der Waals surface area contributed by atoms with E-state index in [2.05, 4.69) is 22.8 Å². The smallest absolute Gasteiger partial charge is 0.331 e. The molecule has 2 N–H and O–H groups in total. The molecule has 0 saturated carbocycles. The molecule has 37 heavy (non-hydrogen) atoms. The molecule has 0 aliphatic rings. The lowest BCUT2D eigenvalue weighted by molar-refractivity contribution is -0.122. The van der Waals surface area contributed by atoms with E-state index >= 15 is 0 Å². The Balaban J connectivity index is 1.67. The molecule has 1 aromatic heterocycles. The standard InChI is InChI=1S/C29H38N4O4/c1-21(2)19-30-26(34)15-9-10-18-32-28(36)24-13-7-8-14-25(24)33(29(32)37)20-27(35)31-22(3)16-17-23-11-5-4-6-12-23/h4-8,11-14,21-22H,9-10,15-20H2,1-3H3,(H,30,34)(H,31,35)/t22-/m0/s1. The first-order chi connectivity index (χ1) is 17.8. The van der Waals surface area contributed by atoms with E-state index in [0.29, 0.717) is 42.6 Å². The molecule has 198 valence electrons. The van der Waals surface area contributed by atoms with E-state index in [1.807, 2.05) is 39.0 Å². The van der Waals surface area contributed by atoms with Crippen LogP contribution in [-0.4, -0.2) is 33.5 Å². The molecular weight excluding hydrogens is 468 g/mol. The molecule has 0 aliphatic heterocycles. The molecule has 0 saturated heterocycles. The van der Waals surface area contributed by atoms with Crippen molar-refractivity contribution in [3.8, 4) is 0 Å². The Hall–Kier alpha value is -3.68. The summed E-state index contributed by atoms with van der Waals surface area (Å²) in [6, 6.07) is 16.9. The maximum atomic E-state index is 13.3. The summed E-state index contributed by atoms with van der Waals surface area (Å²) in [4.78, 5) is 51.2. The summed E-state index contributed by atoms with van der Waals surface area (Å²) in [6.45, 7) is 6.65. The van der Waals surface area contributed by atoms with Crippen molar-refractivity contribution in [3.05, 3.63) is 81.0 Å². The monoisotopic (exact) mass is 506 g/mol. The van der Waals surface area contributed by atoms with Crippen molar-refractivity contribution in [3.63, 3.8) is 0 Å². The molecule has 2 amide bonds. The number of rotatable bonds is 13. The molecule has 0 bridgehead atoms. The average Bonchev–Trinajstić information content (AvgIpc) is 2.88. The van der Waals surface area contributed by atoms with E-state index in [1.54, 1.807) is 24.3 Å². The van der Waals surface area contributed by atoms with Crippen LogP contribution in [0, 0.1) is 5.92 Å². The number of unbranched alkanes of at least 4 members (excludes halogenated alkanes) is 1. The van der Waals surface area contributed by atoms with Crippen LogP contribution < -0.4 is 21.9 Å². The molecule has 3 rings (SSSR count). The Morgan fingerprint density at radius 2 is 1.57 bits per heavy atom. The minimum atomic E-state index is -0.514. The number of nitrogens with one attached hydrogen (secondary N) is 2. The predicted molar refractivity (Wildman–Crippen MR) is 147 cm³/mol. The van der Waals surface area contributed by atoms with Crippen molar-refractivity contribution >= 4 is 22.7 Å². The van der Waals surface area contributed by atoms with Crippen LogP contribution >= 0.6 is 0 Å². The van der Waals surface area contributed by atoms with Crippen LogP contribution in [0.5, 0.6) is 0 Å². The Morgan fingerprint density at radius 1 is 0.865 bits per heavy atom. The maximum Gasteiger partial charge on any atom is 0.331 e. The van der Waals surface area contributed by atoms with Gasteiger partial charge in [-0.15, -0.1) is 0 Å². The van der Waals surface area contributed by atoms with E-state index in [0.717, 1.165) is 12.8 Å². The SMILES string of the molecule is CC(C)CNC(=O)CCCCn1c(=O)c2ccccc2n(CC(=O)N[C@@H](C)CCc2ccccc2)c1=O. The summed E-state index contributed by atoms with van der Waals surface area (Å²) in [5.41, 5.74) is 0.752. The van der Waals surface area contributed by atoms with E-state index in [4.69, 9.17) is 0 Å². The van der Waals surface area contributed by atoms with Crippen LogP contribution in [0.15, 0.2) is 64.2 Å². The van der Waals surface area contributed by atoms with Gasteiger partial charge in [-0.2, -0.15) is 0 Å². The Morgan fingerprint density at radius 3 is 2.30 bits per heavy atom. The second-order valence-electron chi connectivity index (χ2n) is 9.99. The fourth-order valence-corrected chi connectivity index (χ4v) is 4.25. The Kier molecular flexibility index (Phi) is 10.2. The van der Waals surface area contributed by atoms with Crippen LogP contribution in [0.2, 0.25) is 0 Å². The van der Waals surface area contributed by atoms with Gasteiger partial charge < -0.3 is 10.6 Å². The normalized spacial score (nSPS) is 12.0. The lowest BCUT2D eigenvalue weighted by Gasteiger charge is -2.17. The van der Waals surface area contributed by atoms with Crippen LogP contribution in [0.3, 0.4) is 0 Å². The van der Waals surface area contributed by atoms with Gasteiger partial charge in [0.25, 0.3) is 5.56 Å². The number of para-hydroxylation sites is 1. The highest BCUT2D eigenvalue weighted by Gasteiger charge is 2.16. The van der Waals surface area contributed by atoms with Gasteiger partial charge in [0.15, 0.2) is 0 Å². The zero-order valence-electron chi connectivity index (χ0n) is 22.0. The first-order valence-corrected chi connectivity index (χ1v) is 13.1. The van der Waals surface area contributed by atoms with E-state index < -0.39 is 5.69 Å². The summed E-state index contributed by atoms with van der Waals surface area (Å²) < 4.78 is 2.55. The third-order valence-electron chi connectivity index (χ3n) is 6.29. The Bertz CT molecular complexity index is 1310. The van der Waals surface area contributed by atoms with Gasteiger partial charge in [-0.3, -0.25) is 23.5 Å². The van der Waals surface area contributed by atoms with Gasteiger partial charge in [-0.05, 0) is 56.2 Å². The first kappa shape index (κ1) is 27.9. The van der Waals surface area contributed by atoms with Crippen LogP contribution in [0.25, 0.3) is 10.9 Å². The molecule has 0 unspecified atom stereocenters. The summed E-state index contributed by atoms with van der Waals surface area (Å²) >= 11 is 0. The number of hydrogen-bond acceptors (Lipinski definition) is 4. The third kappa shape index (κ3) is 8.17. The van der Waals surface area contributed by atoms with Crippen LogP contribution in [-0.2, 0) is 29.1 Å². The van der Waals surface area contributed by atoms with Crippen molar-refractivity contribution in [1.29, 1.82) is 0 Å². The summed E-state index contributed by atoms with van der Waals surface area (Å²) in [7, 11) is 0. The molecule has 0 fully saturated rings. The lowest BCUT2D eigenvalue weighted by atomic mass is 10.1. The number of carbonyl (C=O) groups is 2. The molecule has 8 heteroatoms. The molecule has 3 aromatic rings. The van der Waals surface area contributed by atoms with Gasteiger partial charge in [-0.1, -0.05) is 56.3 Å². The summed E-state index contributed by atoms with van der Waals surface area (Å²) in [5, 5.41) is 6.24. The molecule has 0 radical (unpaired) electrons. The van der Waals surface area contributed by atoms with Crippen LogP contribution in [0.1, 0.15) is 52.0 Å². The summed E-state index contributed by atoms with van der Waals surface area (Å²) in [6.07, 6.45) is 3.01. The van der Waals surface area contributed by atoms with Crippen molar-refractivity contribution in [2.24, 2.45) is 5.92 Å². The second-order valence-corrected chi connectivity index (χ2v) is 9.99. The van der Waals surface area contributed by atoms with Crippen molar-refractivity contribution in [2.45, 2.75) is 72.0 Å². The lowest BCUT2D eigenvalue weighted by Crippen LogP contribution is -2.44. The average molecular weight is 507 g/mol. The second kappa shape index (κ2) is 13.6. The number of amides is 2. The van der Waals surface area contributed by atoms with Crippen molar-refractivity contribution < 1.29 is 9.59 Å². The zero-order valence-corrected chi connectivity index (χ0v) is 22.0. The number of benzene rings is 2. The topological polar surface area (TPSA) is 102 Å². The van der Waals surface area contributed by atoms with Gasteiger partial charge in [0.2, 0.25) is 11.8 Å². The fraction of sp³-hybridized carbons (Fsp3) is 0.448. The highest BCUT2D eigenvalue weighted by molar-refractivity contribution is 5.81. The van der Waals surface area contributed by atoms with Gasteiger partial charge in [0, 0.05) is 25.6 Å². The number of hydrogen-bond donors (Lipinski definition) is 2. The number of nitrogens with zero attached hydrogens (tertiary/aromatic N) is 2. The molecule has 0 spiro atoms. The highest BCUT2D eigenvalue weighted by atomic mass is 16.2.